The van der Waals surface area contributed by atoms with Crippen LogP contribution in [0, 0.1) is 11.8 Å². The Balaban J connectivity index is 1.43. The minimum atomic E-state index is -0.0509. The molecule has 2 rings (SSSR count). The molecular formula is C15H29NO2. The second-order valence-corrected chi connectivity index (χ2v) is 6.73. The third kappa shape index (κ3) is 5.68. The van der Waals surface area contributed by atoms with Crippen LogP contribution in [0.2, 0.25) is 0 Å². The molecule has 0 aliphatic heterocycles. The van der Waals surface area contributed by atoms with Gasteiger partial charge in [0.1, 0.15) is 0 Å². The van der Waals surface area contributed by atoms with Crippen molar-refractivity contribution >= 4 is 0 Å². The van der Waals surface area contributed by atoms with E-state index >= 15 is 0 Å². The quantitative estimate of drug-likeness (QED) is 0.642. The molecule has 0 atom stereocenters. The highest BCUT2D eigenvalue weighted by molar-refractivity contribution is 4.96. The molecule has 0 heterocycles. The first-order valence-electron chi connectivity index (χ1n) is 7.51. The summed E-state index contributed by atoms with van der Waals surface area (Å²) in [6, 6.07) is 0.791. The molecule has 3 nitrogen and oxygen atoms in total. The number of nitrogens with one attached hydrogen (secondary N) is 1. The van der Waals surface area contributed by atoms with Gasteiger partial charge in [-0.15, -0.1) is 0 Å². The van der Waals surface area contributed by atoms with Crippen LogP contribution in [0.1, 0.15) is 46.5 Å². The summed E-state index contributed by atoms with van der Waals surface area (Å²) in [5.41, 5.74) is -0.0509. The van der Waals surface area contributed by atoms with E-state index in [9.17, 15) is 0 Å². The Morgan fingerprint density at radius 1 is 1.00 bits per heavy atom. The van der Waals surface area contributed by atoms with E-state index in [2.05, 4.69) is 26.1 Å². The minimum Gasteiger partial charge on any atom is -0.378 e. The van der Waals surface area contributed by atoms with Gasteiger partial charge in [0.15, 0.2) is 0 Å². The molecule has 2 aliphatic carbocycles. The van der Waals surface area contributed by atoms with Crippen molar-refractivity contribution in [1.82, 2.24) is 5.32 Å². The summed E-state index contributed by atoms with van der Waals surface area (Å²) in [4.78, 5) is 0. The van der Waals surface area contributed by atoms with Gasteiger partial charge in [0.25, 0.3) is 0 Å². The first kappa shape index (κ1) is 14.3. The van der Waals surface area contributed by atoms with Crippen molar-refractivity contribution in [2.75, 3.05) is 26.4 Å². The summed E-state index contributed by atoms with van der Waals surface area (Å²) < 4.78 is 11.2. The van der Waals surface area contributed by atoms with Gasteiger partial charge in [-0.25, -0.2) is 0 Å². The summed E-state index contributed by atoms with van der Waals surface area (Å²) in [6.07, 6.45) is 5.76. The van der Waals surface area contributed by atoms with Crippen LogP contribution in [-0.4, -0.2) is 38.0 Å². The third-order valence-electron chi connectivity index (χ3n) is 3.65. The van der Waals surface area contributed by atoms with Gasteiger partial charge in [0.2, 0.25) is 0 Å². The Kier molecular flexibility index (Phi) is 5.05. The van der Waals surface area contributed by atoms with E-state index in [1.165, 1.54) is 25.7 Å². The zero-order valence-corrected chi connectivity index (χ0v) is 12.2. The average molecular weight is 255 g/mol. The van der Waals surface area contributed by atoms with Crippen molar-refractivity contribution in [3.05, 3.63) is 0 Å². The molecule has 0 spiro atoms. The van der Waals surface area contributed by atoms with Gasteiger partial charge in [0.05, 0.1) is 25.4 Å². The fourth-order valence-corrected chi connectivity index (χ4v) is 2.44. The highest BCUT2D eigenvalue weighted by Crippen LogP contribution is 2.44. The molecule has 3 heteroatoms. The number of ether oxygens (including phenoxy) is 2. The van der Waals surface area contributed by atoms with E-state index < -0.39 is 0 Å². The van der Waals surface area contributed by atoms with Crippen molar-refractivity contribution < 1.29 is 9.47 Å². The molecule has 0 amide bonds. The molecule has 0 radical (unpaired) electrons. The van der Waals surface area contributed by atoms with Crippen LogP contribution in [0.3, 0.4) is 0 Å². The zero-order valence-electron chi connectivity index (χ0n) is 12.2. The van der Waals surface area contributed by atoms with Gasteiger partial charge >= 0.3 is 0 Å². The fraction of sp³-hybridized carbons (Fsp3) is 1.00. The van der Waals surface area contributed by atoms with Crippen molar-refractivity contribution in [2.45, 2.75) is 58.1 Å². The predicted octanol–water partition coefficient (Wildman–Crippen LogP) is 2.60. The van der Waals surface area contributed by atoms with Gasteiger partial charge in [-0.3, -0.25) is 0 Å². The lowest BCUT2D eigenvalue weighted by Gasteiger charge is -2.20. The van der Waals surface area contributed by atoms with E-state index in [1.807, 2.05) is 0 Å². The molecule has 1 N–H and O–H groups in total. The molecule has 0 unspecified atom stereocenters. The third-order valence-corrected chi connectivity index (χ3v) is 3.65. The smallest absolute Gasteiger partial charge is 0.0707 e. The zero-order chi connectivity index (χ0) is 13.0. The molecule has 0 aromatic carbocycles. The summed E-state index contributed by atoms with van der Waals surface area (Å²) in [6.45, 7) is 9.42. The monoisotopic (exact) mass is 255 g/mol. The lowest BCUT2D eigenvalue weighted by atomic mass is 10.1. The van der Waals surface area contributed by atoms with Gasteiger partial charge in [0, 0.05) is 12.6 Å². The van der Waals surface area contributed by atoms with Crippen molar-refractivity contribution in [1.29, 1.82) is 0 Å². The Hall–Kier alpha value is -0.120. The average Bonchev–Trinajstić information content (AvgIpc) is 3.14. The summed E-state index contributed by atoms with van der Waals surface area (Å²) in [5, 5.41) is 3.68. The van der Waals surface area contributed by atoms with E-state index in [0.717, 1.165) is 31.0 Å². The Labute approximate surface area is 112 Å². The molecule has 0 bridgehead atoms. The van der Waals surface area contributed by atoms with Gasteiger partial charge < -0.3 is 14.8 Å². The van der Waals surface area contributed by atoms with Crippen molar-refractivity contribution in [3.63, 3.8) is 0 Å². The van der Waals surface area contributed by atoms with Gasteiger partial charge in [-0.05, 0) is 58.3 Å². The summed E-state index contributed by atoms with van der Waals surface area (Å²) in [7, 11) is 0. The maximum Gasteiger partial charge on any atom is 0.0707 e. The second kappa shape index (κ2) is 6.36. The maximum atomic E-state index is 5.61. The van der Waals surface area contributed by atoms with Crippen LogP contribution in [0.4, 0.5) is 0 Å². The maximum absolute atomic E-state index is 5.61. The van der Waals surface area contributed by atoms with Crippen LogP contribution in [0.15, 0.2) is 0 Å². The number of rotatable bonds is 9. The van der Waals surface area contributed by atoms with E-state index in [-0.39, 0.29) is 5.60 Å². The second-order valence-electron chi connectivity index (χ2n) is 6.73. The summed E-state index contributed by atoms with van der Waals surface area (Å²) >= 11 is 0. The summed E-state index contributed by atoms with van der Waals surface area (Å²) in [5.74, 6) is 1.95. The first-order valence-corrected chi connectivity index (χ1v) is 7.51. The van der Waals surface area contributed by atoms with E-state index in [1.54, 1.807) is 0 Å². The Bertz CT molecular complexity index is 229. The Morgan fingerprint density at radius 2 is 1.61 bits per heavy atom. The molecule has 0 aromatic heterocycles. The molecule has 106 valence electrons. The molecule has 2 aliphatic rings. The molecular weight excluding hydrogens is 226 g/mol. The highest BCUT2D eigenvalue weighted by Gasteiger charge is 2.40. The molecule has 0 saturated heterocycles. The van der Waals surface area contributed by atoms with Crippen molar-refractivity contribution in [3.8, 4) is 0 Å². The van der Waals surface area contributed by atoms with Crippen LogP contribution in [-0.2, 0) is 9.47 Å². The van der Waals surface area contributed by atoms with Crippen LogP contribution < -0.4 is 5.32 Å². The lowest BCUT2D eigenvalue weighted by Crippen LogP contribution is -2.35. The first-order chi connectivity index (χ1) is 8.56. The number of hydrogen-bond acceptors (Lipinski definition) is 3. The van der Waals surface area contributed by atoms with Crippen molar-refractivity contribution in [2.24, 2.45) is 11.8 Å². The van der Waals surface area contributed by atoms with E-state index in [0.29, 0.717) is 13.2 Å². The highest BCUT2D eigenvalue weighted by atomic mass is 16.5. The SMILES string of the molecule is CC(C)(C)OCCOCCNC(C1CC1)C1CC1. The normalized spacial score (nSPS) is 20.7. The molecule has 18 heavy (non-hydrogen) atoms. The molecule has 2 saturated carbocycles. The predicted molar refractivity (Wildman–Crippen MR) is 73.8 cm³/mol. The van der Waals surface area contributed by atoms with Gasteiger partial charge in [-0.1, -0.05) is 0 Å². The number of hydrogen-bond donors (Lipinski definition) is 1. The van der Waals surface area contributed by atoms with Crippen LogP contribution >= 0.6 is 0 Å². The van der Waals surface area contributed by atoms with E-state index in [4.69, 9.17) is 9.47 Å². The van der Waals surface area contributed by atoms with Crippen LogP contribution in [0.5, 0.6) is 0 Å². The van der Waals surface area contributed by atoms with Crippen LogP contribution in [0.25, 0.3) is 0 Å². The standard InChI is InChI=1S/C15H29NO2/c1-15(2,3)18-11-10-17-9-8-16-14(12-4-5-12)13-6-7-13/h12-14,16H,4-11H2,1-3H3. The topological polar surface area (TPSA) is 30.5 Å². The lowest BCUT2D eigenvalue weighted by molar-refractivity contribution is -0.0345. The molecule has 2 fully saturated rings. The minimum absolute atomic E-state index is 0.0509. The molecule has 0 aromatic rings. The largest absolute Gasteiger partial charge is 0.378 e. The Morgan fingerprint density at radius 3 is 2.11 bits per heavy atom. The fourth-order valence-electron chi connectivity index (χ4n) is 2.44. The van der Waals surface area contributed by atoms with Gasteiger partial charge in [-0.2, -0.15) is 0 Å².